The van der Waals surface area contributed by atoms with E-state index in [1.807, 2.05) is 12.1 Å². The second-order valence-corrected chi connectivity index (χ2v) is 6.18. The van der Waals surface area contributed by atoms with E-state index in [0.717, 1.165) is 12.0 Å². The summed E-state index contributed by atoms with van der Waals surface area (Å²) in [4.78, 5) is 0. The maximum atomic E-state index is 13.0. The quantitative estimate of drug-likeness (QED) is 0.314. The predicted octanol–water partition coefficient (Wildman–Crippen LogP) is 7.32. The van der Waals surface area contributed by atoms with Crippen LogP contribution in [0.3, 0.4) is 0 Å². The highest BCUT2D eigenvalue weighted by Crippen LogP contribution is 2.19. The normalized spacial score (nSPS) is 12.7. The van der Waals surface area contributed by atoms with Gasteiger partial charge in [-0.05, 0) is 55.9 Å². The number of rotatable bonds is 10. The lowest BCUT2D eigenvalue weighted by Gasteiger charge is -2.06. The largest absolute Gasteiger partial charge is 0.207 e. The average Bonchev–Trinajstić information content (AvgIpc) is 2.51. The van der Waals surface area contributed by atoms with Gasteiger partial charge in [0, 0.05) is 0 Å². The molecule has 1 aromatic rings. The Morgan fingerprint density at radius 2 is 1.59 bits per heavy atom. The maximum absolute atomic E-state index is 13.0. The van der Waals surface area contributed by atoms with Crippen LogP contribution in [-0.4, -0.2) is 0 Å². The topological polar surface area (TPSA) is 0 Å². The fourth-order valence-electron chi connectivity index (χ4n) is 2.56. The van der Waals surface area contributed by atoms with Gasteiger partial charge in [0.2, 0.25) is 0 Å². The van der Waals surface area contributed by atoms with Gasteiger partial charge < -0.3 is 0 Å². The lowest BCUT2D eigenvalue weighted by molar-refractivity contribution is 0.627. The minimum Gasteiger partial charge on any atom is -0.207 e. The van der Waals surface area contributed by atoms with E-state index in [4.69, 9.17) is 0 Å². The first-order valence-electron chi connectivity index (χ1n) is 8.79. The van der Waals surface area contributed by atoms with E-state index in [-0.39, 0.29) is 5.82 Å². The summed E-state index contributed by atoms with van der Waals surface area (Å²) in [5.41, 5.74) is 3.91. The lowest BCUT2D eigenvalue weighted by Crippen LogP contribution is -1.86. The smallest absolute Gasteiger partial charge is 0.123 e. The molecule has 22 heavy (non-hydrogen) atoms. The minimum atomic E-state index is -0.170. The van der Waals surface area contributed by atoms with Gasteiger partial charge in [0.05, 0.1) is 0 Å². The zero-order valence-corrected chi connectivity index (χ0v) is 14.5. The first kappa shape index (κ1) is 18.7. The van der Waals surface area contributed by atoms with Gasteiger partial charge >= 0.3 is 0 Å². The first-order chi connectivity index (χ1) is 10.7. The molecule has 0 aliphatic carbocycles. The van der Waals surface area contributed by atoms with Gasteiger partial charge in [0.15, 0.2) is 0 Å². The fraction of sp³-hybridized carbons (Fsp3) is 0.524. The standard InChI is InChI=1S/C21H31F/c1-4-6-8-9-11-20(16-18(3)10-7-5-2)17-19-12-14-21(22)15-13-19/h12-17H,4-11H2,1-3H3/b18-16+,20-17+. The average molecular weight is 302 g/mol. The van der Waals surface area contributed by atoms with Crippen LogP contribution in [0.25, 0.3) is 6.08 Å². The predicted molar refractivity (Wildman–Crippen MR) is 96.4 cm³/mol. The lowest BCUT2D eigenvalue weighted by atomic mass is 10.00. The first-order valence-corrected chi connectivity index (χ1v) is 8.79. The van der Waals surface area contributed by atoms with Gasteiger partial charge in [0.1, 0.15) is 5.82 Å². The van der Waals surface area contributed by atoms with Crippen molar-refractivity contribution in [3.63, 3.8) is 0 Å². The molecule has 0 unspecified atom stereocenters. The van der Waals surface area contributed by atoms with Crippen molar-refractivity contribution in [3.05, 3.63) is 52.9 Å². The van der Waals surface area contributed by atoms with E-state index >= 15 is 0 Å². The van der Waals surface area contributed by atoms with Crippen LogP contribution >= 0.6 is 0 Å². The Bertz CT molecular complexity index is 465. The van der Waals surface area contributed by atoms with E-state index < -0.39 is 0 Å². The Morgan fingerprint density at radius 3 is 2.23 bits per heavy atom. The second kappa shape index (κ2) is 11.2. The third kappa shape index (κ3) is 8.17. The van der Waals surface area contributed by atoms with Crippen LogP contribution < -0.4 is 0 Å². The molecule has 0 bridgehead atoms. The number of halogens is 1. The molecule has 0 N–H and O–H groups in total. The molecule has 0 aromatic heterocycles. The molecule has 0 nitrogen and oxygen atoms in total. The Labute approximate surface area is 136 Å². The summed E-state index contributed by atoms with van der Waals surface area (Å²) in [5.74, 6) is -0.170. The molecule has 0 amide bonds. The van der Waals surface area contributed by atoms with Crippen molar-refractivity contribution in [2.45, 2.75) is 72.1 Å². The number of benzene rings is 1. The van der Waals surface area contributed by atoms with Crippen LogP contribution in [-0.2, 0) is 0 Å². The second-order valence-electron chi connectivity index (χ2n) is 6.18. The molecule has 0 atom stereocenters. The zero-order valence-electron chi connectivity index (χ0n) is 14.5. The van der Waals surface area contributed by atoms with Crippen LogP contribution in [0.5, 0.6) is 0 Å². The molecule has 122 valence electrons. The number of unbranched alkanes of at least 4 members (excludes halogenated alkanes) is 4. The van der Waals surface area contributed by atoms with E-state index in [9.17, 15) is 4.39 Å². The van der Waals surface area contributed by atoms with Crippen LogP contribution in [0.4, 0.5) is 4.39 Å². The van der Waals surface area contributed by atoms with Crippen molar-refractivity contribution in [1.82, 2.24) is 0 Å². The Morgan fingerprint density at radius 1 is 0.909 bits per heavy atom. The SMILES string of the molecule is CCCCCCC(/C=C(\C)CCCC)=C\c1ccc(F)cc1. The van der Waals surface area contributed by atoms with Crippen LogP contribution in [0.2, 0.25) is 0 Å². The molecule has 0 aliphatic rings. The van der Waals surface area contributed by atoms with Gasteiger partial charge in [-0.2, -0.15) is 0 Å². The van der Waals surface area contributed by atoms with E-state index in [0.29, 0.717) is 0 Å². The third-order valence-electron chi connectivity index (χ3n) is 3.90. The van der Waals surface area contributed by atoms with Crippen molar-refractivity contribution >= 4 is 6.08 Å². The Balaban J connectivity index is 2.77. The van der Waals surface area contributed by atoms with Crippen LogP contribution in [0.1, 0.15) is 77.7 Å². The monoisotopic (exact) mass is 302 g/mol. The summed E-state index contributed by atoms with van der Waals surface area (Å²) in [5, 5.41) is 0. The number of hydrogen-bond acceptors (Lipinski definition) is 0. The van der Waals surface area contributed by atoms with Gasteiger partial charge in [-0.3, -0.25) is 0 Å². The molecular formula is C21H31F. The molecule has 0 saturated heterocycles. The summed E-state index contributed by atoms with van der Waals surface area (Å²) >= 11 is 0. The van der Waals surface area contributed by atoms with E-state index in [1.165, 1.54) is 68.2 Å². The number of hydrogen-bond donors (Lipinski definition) is 0. The zero-order chi connectivity index (χ0) is 16.2. The molecule has 1 rings (SSSR count). The van der Waals surface area contributed by atoms with Crippen molar-refractivity contribution in [2.24, 2.45) is 0 Å². The highest BCUT2D eigenvalue weighted by molar-refractivity contribution is 5.56. The maximum Gasteiger partial charge on any atom is 0.123 e. The van der Waals surface area contributed by atoms with E-state index in [2.05, 4.69) is 32.9 Å². The van der Waals surface area contributed by atoms with Crippen molar-refractivity contribution in [3.8, 4) is 0 Å². The van der Waals surface area contributed by atoms with Gasteiger partial charge in [0.25, 0.3) is 0 Å². The highest BCUT2D eigenvalue weighted by atomic mass is 19.1. The summed E-state index contributed by atoms with van der Waals surface area (Å²) in [7, 11) is 0. The van der Waals surface area contributed by atoms with Crippen molar-refractivity contribution in [2.75, 3.05) is 0 Å². The highest BCUT2D eigenvalue weighted by Gasteiger charge is 1.99. The van der Waals surface area contributed by atoms with Gasteiger partial charge in [-0.15, -0.1) is 0 Å². The molecular weight excluding hydrogens is 271 g/mol. The van der Waals surface area contributed by atoms with E-state index in [1.54, 1.807) is 0 Å². The molecule has 0 spiro atoms. The van der Waals surface area contributed by atoms with Crippen molar-refractivity contribution < 1.29 is 4.39 Å². The van der Waals surface area contributed by atoms with Gasteiger partial charge in [-0.1, -0.05) is 69.4 Å². The molecule has 0 fully saturated rings. The summed E-state index contributed by atoms with van der Waals surface area (Å²) < 4.78 is 13.0. The van der Waals surface area contributed by atoms with Crippen molar-refractivity contribution in [1.29, 1.82) is 0 Å². The summed E-state index contributed by atoms with van der Waals surface area (Å²) in [6.07, 6.45) is 14.4. The molecule has 0 heterocycles. The fourth-order valence-corrected chi connectivity index (χ4v) is 2.56. The number of allylic oxidation sites excluding steroid dienone is 3. The Kier molecular flexibility index (Phi) is 9.54. The molecule has 1 heteroatoms. The molecule has 0 saturated carbocycles. The molecule has 0 radical (unpaired) electrons. The van der Waals surface area contributed by atoms with Crippen LogP contribution in [0.15, 0.2) is 41.5 Å². The molecule has 0 aliphatic heterocycles. The summed E-state index contributed by atoms with van der Waals surface area (Å²) in [6, 6.07) is 6.79. The third-order valence-corrected chi connectivity index (χ3v) is 3.90. The summed E-state index contributed by atoms with van der Waals surface area (Å²) in [6.45, 7) is 6.69. The molecule has 1 aromatic carbocycles. The van der Waals surface area contributed by atoms with Crippen LogP contribution in [0, 0.1) is 5.82 Å². The minimum absolute atomic E-state index is 0.170. The van der Waals surface area contributed by atoms with Gasteiger partial charge in [-0.25, -0.2) is 4.39 Å². The Hall–Kier alpha value is -1.37.